The zero-order valence-corrected chi connectivity index (χ0v) is 12.6. The SMILES string of the molecule is O=S(=O)(NCCOc1cccc(F)c1)c1ccc(Cl)s1. The quantitative estimate of drug-likeness (QED) is 0.826. The molecule has 1 N–H and O–H groups in total. The Morgan fingerprint density at radius 3 is 2.75 bits per heavy atom. The fourth-order valence-corrected chi connectivity index (χ4v) is 3.96. The minimum atomic E-state index is -3.57. The zero-order valence-electron chi connectivity index (χ0n) is 10.2. The predicted octanol–water partition coefficient (Wildman–Crippen LogP) is 2.90. The van der Waals surface area contributed by atoms with Gasteiger partial charge >= 0.3 is 0 Å². The number of benzene rings is 1. The van der Waals surface area contributed by atoms with E-state index in [0.29, 0.717) is 10.1 Å². The first-order chi connectivity index (χ1) is 9.47. The maximum atomic E-state index is 12.9. The molecule has 0 amide bonds. The van der Waals surface area contributed by atoms with Crippen LogP contribution in [0.2, 0.25) is 4.34 Å². The Kier molecular flexibility index (Phi) is 4.98. The van der Waals surface area contributed by atoms with E-state index in [0.717, 1.165) is 11.3 Å². The summed E-state index contributed by atoms with van der Waals surface area (Å²) < 4.78 is 44.7. The van der Waals surface area contributed by atoms with Crippen LogP contribution in [0.25, 0.3) is 0 Å². The topological polar surface area (TPSA) is 55.4 Å². The summed E-state index contributed by atoms with van der Waals surface area (Å²) in [4.78, 5) is 0. The van der Waals surface area contributed by atoms with Crippen LogP contribution in [0.3, 0.4) is 0 Å². The second-order valence-electron chi connectivity index (χ2n) is 3.76. The average molecular weight is 336 g/mol. The van der Waals surface area contributed by atoms with E-state index >= 15 is 0 Å². The molecule has 0 aliphatic carbocycles. The molecular formula is C12H11ClFNO3S2. The first kappa shape index (κ1) is 15.2. The number of nitrogens with one attached hydrogen (secondary N) is 1. The Morgan fingerprint density at radius 2 is 2.10 bits per heavy atom. The summed E-state index contributed by atoms with van der Waals surface area (Å²) in [5, 5.41) is 0. The summed E-state index contributed by atoms with van der Waals surface area (Å²) in [5.74, 6) is -0.0559. The van der Waals surface area contributed by atoms with Crippen molar-refractivity contribution in [3.8, 4) is 5.75 Å². The summed E-state index contributed by atoms with van der Waals surface area (Å²) in [7, 11) is -3.57. The molecule has 0 fully saturated rings. The van der Waals surface area contributed by atoms with Crippen LogP contribution in [-0.4, -0.2) is 21.6 Å². The van der Waals surface area contributed by atoms with Crippen LogP contribution in [0.1, 0.15) is 0 Å². The third kappa shape index (κ3) is 4.17. The van der Waals surface area contributed by atoms with Gasteiger partial charge in [0.05, 0.1) is 4.34 Å². The highest BCUT2D eigenvalue weighted by Crippen LogP contribution is 2.25. The van der Waals surface area contributed by atoms with Crippen LogP contribution in [-0.2, 0) is 10.0 Å². The fraction of sp³-hybridized carbons (Fsp3) is 0.167. The summed E-state index contributed by atoms with van der Waals surface area (Å²) in [6.45, 7) is 0.177. The molecule has 0 unspecified atom stereocenters. The van der Waals surface area contributed by atoms with Gasteiger partial charge in [-0.15, -0.1) is 11.3 Å². The smallest absolute Gasteiger partial charge is 0.250 e. The Hall–Kier alpha value is -1.15. The highest BCUT2D eigenvalue weighted by molar-refractivity contribution is 7.91. The predicted molar refractivity (Wildman–Crippen MR) is 76.4 cm³/mol. The molecule has 1 aromatic heterocycles. The number of ether oxygens (including phenoxy) is 1. The molecule has 0 saturated heterocycles. The van der Waals surface area contributed by atoms with Crippen molar-refractivity contribution in [2.45, 2.75) is 4.21 Å². The van der Waals surface area contributed by atoms with E-state index in [2.05, 4.69) is 4.72 Å². The zero-order chi connectivity index (χ0) is 14.6. The molecule has 8 heteroatoms. The third-order valence-electron chi connectivity index (χ3n) is 2.27. The number of sulfonamides is 1. The van der Waals surface area contributed by atoms with Gasteiger partial charge in [-0.3, -0.25) is 0 Å². The highest BCUT2D eigenvalue weighted by atomic mass is 35.5. The van der Waals surface area contributed by atoms with E-state index in [1.54, 1.807) is 6.07 Å². The van der Waals surface area contributed by atoms with Crippen LogP contribution < -0.4 is 9.46 Å². The van der Waals surface area contributed by atoms with E-state index in [-0.39, 0.29) is 17.4 Å². The second kappa shape index (κ2) is 6.53. The summed E-state index contributed by atoms with van der Waals surface area (Å²) in [6.07, 6.45) is 0. The minimum Gasteiger partial charge on any atom is -0.492 e. The van der Waals surface area contributed by atoms with Crippen molar-refractivity contribution in [2.24, 2.45) is 0 Å². The van der Waals surface area contributed by atoms with Gasteiger partial charge in [0, 0.05) is 12.6 Å². The lowest BCUT2D eigenvalue weighted by molar-refractivity contribution is 0.321. The van der Waals surface area contributed by atoms with Crippen molar-refractivity contribution in [1.29, 1.82) is 0 Å². The maximum absolute atomic E-state index is 12.9. The number of rotatable bonds is 6. The molecular weight excluding hydrogens is 325 g/mol. The van der Waals surface area contributed by atoms with Gasteiger partial charge in [-0.05, 0) is 24.3 Å². The Bertz CT molecular complexity index is 688. The van der Waals surface area contributed by atoms with Crippen LogP contribution in [0.15, 0.2) is 40.6 Å². The van der Waals surface area contributed by atoms with Gasteiger partial charge in [0.1, 0.15) is 22.4 Å². The molecule has 20 heavy (non-hydrogen) atoms. The van der Waals surface area contributed by atoms with Crippen molar-refractivity contribution in [3.63, 3.8) is 0 Å². The number of hydrogen-bond donors (Lipinski definition) is 1. The second-order valence-corrected chi connectivity index (χ2v) is 7.47. The monoisotopic (exact) mass is 335 g/mol. The summed E-state index contributed by atoms with van der Waals surface area (Å²) >= 11 is 6.66. The van der Waals surface area contributed by atoms with Gasteiger partial charge in [0.15, 0.2) is 0 Å². The third-order valence-corrected chi connectivity index (χ3v) is 5.46. The Balaban J connectivity index is 1.84. The summed E-state index contributed by atoms with van der Waals surface area (Å²) in [5.41, 5.74) is 0. The Labute approximate surface area is 125 Å². The molecule has 0 saturated carbocycles. The molecule has 0 bridgehead atoms. The molecule has 0 radical (unpaired) electrons. The van der Waals surface area contributed by atoms with Gasteiger partial charge < -0.3 is 4.74 Å². The van der Waals surface area contributed by atoms with Gasteiger partial charge in [-0.25, -0.2) is 17.5 Å². The van der Waals surface area contributed by atoms with Gasteiger partial charge in [0.2, 0.25) is 10.0 Å². The van der Waals surface area contributed by atoms with Crippen LogP contribution >= 0.6 is 22.9 Å². The molecule has 4 nitrogen and oxygen atoms in total. The molecule has 0 aliphatic rings. The molecule has 0 aliphatic heterocycles. The highest BCUT2D eigenvalue weighted by Gasteiger charge is 2.15. The fourth-order valence-electron chi connectivity index (χ4n) is 1.41. The first-order valence-electron chi connectivity index (χ1n) is 5.61. The van der Waals surface area contributed by atoms with E-state index in [4.69, 9.17) is 16.3 Å². The number of hydrogen-bond acceptors (Lipinski definition) is 4. The lowest BCUT2D eigenvalue weighted by atomic mass is 10.3. The average Bonchev–Trinajstić information content (AvgIpc) is 2.82. The number of thiophene rings is 1. The van der Waals surface area contributed by atoms with E-state index in [9.17, 15) is 12.8 Å². The molecule has 2 aromatic rings. The molecule has 108 valence electrons. The van der Waals surface area contributed by atoms with Crippen molar-refractivity contribution in [3.05, 3.63) is 46.6 Å². The van der Waals surface area contributed by atoms with Gasteiger partial charge in [-0.1, -0.05) is 17.7 Å². The molecule has 2 rings (SSSR count). The largest absolute Gasteiger partial charge is 0.492 e. The van der Waals surface area contributed by atoms with Crippen molar-refractivity contribution in [1.82, 2.24) is 4.72 Å². The van der Waals surface area contributed by atoms with Gasteiger partial charge in [-0.2, -0.15) is 0 Å². The maximum Gasteiger partial charge on any atom is 0.250 e. The van der Waals surface area contributed by atoms with E-state index < -0.39 is 15.8 Å². The van der Waals surface area contributed by atoms with Crippen molar-refractivity contribution in [2.75, 3.05) is 13.2 Å². The van der Waals surface area contributed by atoms with E-state index in [1.165, 1.54) is 30.3 Å². The summed E-state index contributed by atoms with van der Waals surface area (Å²) in [6, 6.07) is 8.59. The van der Waals surface area contributed by atoms with Crippen LogP contribution in [0.5, 0.6) is 5.75 Å². The first-order valence-corrected chi connectivity index (χ1v) is 8.28. The van der Waals surface area contributed by atoms with Crippen LogP contribution in [0.4, 0.5) is 4.39 Å². The molecule has 0 atom stereocenters. The standard InChI is InChI=1S/C12H11ClFNO3S2/c13-11-4-5-12(19-11)20(16,17)15-6-7-18-10-3-1-2-9(14)8-10/h1-5,8,15H,6-7H2. The van der Waals surface area contributed by atoms with Crippen molar-refractivity contribution >= 4 is 33.0 Å². The van der Waals surface area contributed by atoms with Crippen LogP contribution in [0, 0.1) is 5.82 Å². The number of halogens is 2. The van der Waals surface area contributed by atoms with Gasteiger partial charge in [0.25, 0.3) is 0 Å². The lowest BCUT2D eigenvalue weighted by Gasteiger charge is -2.07. The van der Waals surface area contributed by atoms with E-state index in [1.807, 2.05) is 0 Å². The normalized spacial score (nSPS) is 11.5. The van der Waals surface area contributed by atoms with Crippen molar-refractivity contribution < 1.29 is 17.5 Å². The molecule has 1 heterocycles. The Morgan fingerprint density at radius 1 is 1.30 bits per heavy atom. The minimum absolute atomic E-state index is 0.0777. The molecule has 0 spiro atoms. The lowest BCUT2D eigenvalue weighted by Crippen LogP contribution is -2.27. The molecule has 1 aromatic carbocycles.